The molecule has 0 rings (SSSR count). The Morgan fingerprint density at radius 1 is 1.00 bits per heavy atom. The van der Waals surface area contributed by atoms with Crippen molar-refractivity contribution in [3.8, 4) is 0 Å². The zero-order valence-corrected chi connectivity index (χ0v) is 15.0. The highest BCUT2D eigenvalue weighted by Gasteiger charge is 2.08. The summed E-state index contributed by atoms with van der Waals surface area (Å²) in [5.74, 6) is 0.527. The van der Waals surface area contributed by atoms with Gasteiger partial charge in [0.25, 0.3) is 0 Å². The lowest BCUT2D eigenvalue weighted by atomic mass is 9.90. The van der Waals surface area contributed by atoms with E-state index in [0.29, 0.717) is 5.92 Å². The van der Waals surface area contributed by atoms with Crippen LogP contribution in [0, 0.1) is 5.92 Å². The molecule has 0 spiro atoms. The minimum absolute atomic E-state index is 0.527. The van der Waals surface area contributed by atoms with Crippen molar-refractivity contribution in [2.24, 2.45) is 5.92 Å². The van der Waals surface area contributed by atoms with Gasteiger partial charge >= 0.3 is 0 Å². The highest BCUT2D eigenvalue weighted by molar-refractivity contribution is 5.23. The second kappa shape index (κ2) is 12.0. The van der Waals surface area contributed by atoms with Crippen molar-refractivity contribution < 1.29 is 0 Å². The van der Waals surface area contributed by atoms with Crippen molar-refractivity contribution in [1.29, 1.82) is 0 Å². The summed E-state index contributed by atoms with van der Waals surface area (Å²) in [4.78, 5) is 0. The van der Waals surface area contributed by atoms with E-state index < -0.39 is 0 Å². The Morgan fingerprint density at radius 2 is 1.64 bits per heavy atom. The molecule has 1 atom stereocenters. The molecule has 0 aromatic heterocycles. The maximum Gasteiger partial charge on any atom is -0.0197 e. The van der Waals surface area contributed by atoms with Gasteiger partial charge in [-0.15, -0.1) is 0 Å². The average molecular weight is 299 g/mol. The lowest BCUT2D eigenvalue weighted by Gasteiger charge is -2.16. The number of allylic oxidation sites excluding steroid dienone is 8. The molecule has 0 saturated carbocycles. The zero-order chi connectivity index (χ0) is 17.0. The molecule has 0 amide bonds. The summed E-state index contributed by atoms with van der Waals surface area (Å²) in [7, 11) is 0. The Bertz CT molecular complexity index is 443. The van der Waals surface area contributed by atoms with Gasteiger partial charge in [-0.2, -0.15) is 0 Å². The van der Waals surface area contributed by atoms with Gasteiger partial charge in [-0.25, -0.2) is 0 Å². The normalized spacial score (nSPS) is 13.1. The van der Waals surface area contributed by atoms with Crippen molar-refractivity contribution in [3.63, 3.8) is 0 Å². The molecule has 0 fully saturated rings. The molecule has 1 unspecified atom stereocenters. The van der Waals surface area contributed by atoms with Gasteiger partial charge in [0.1, 0.15) is 0 Å². The summed E-state index contributed by atoms with van der Waals surface area (Å²) in [5.41, 5.74) is 5.26. The van der Waals surface area contributed by atoms with E-state index in [9.17, 15) is 0 Å². The van der Waals surface area contributed by atoms with Crippen LogP contribution in [0.15, 0.2) is 72.9 Å². The van der Waals surface area contributed by atoms with E-state index >= 15 is 0 Å². The maximum absolute atomic E-state index is 4.25. The Morgan fingerprint density at radius 3 is 2.18 bits per heavy atom. The molecule has 0 aliphatic rings. The lowest BCUT2D eigenvalue weighted by Crippen LogP contribution is -2.00. The Balaban J connectivity index is 4.17. The SMILES string of the molecule is C=C/C=C(\C=C/C)CCC(=C)CCC(=C)C(C)CC(=C)CC. The quantitative estimate of drug-likeness (QED) is 0.261. The van der Waals surface area contributed by atoms with Crippen LogP contribution in [0.5, 0.6) is 0 Å². The minimum Gasteiger partial charge on any atom is -0.0999 e. The molecule has 122 valence electrons. The van der Waals surface area contributed by atoms with E-state index in [1.165, 1.54) is 22.3 Å². The monoisotopic (exact) mass is 298 g/mol. The van der Waals surface area contributed by atoms with Gasteiger partial charge in [-0.05, 0) is 56.9 Å². The van der Waals surface area contributed by atoms with Crippen LogP contribution in [0.1, 0.15) is 59.3 Å². The maximum atomic E-state index is 4.25. The van der Waals surface area contributed by atoms with Crippen molar-refractivity contribution in [2.75, 3.05) is 0 Å². The van der Waals surface area contributed by atoms with Crippen LogP contribution in [0.4, 0.5) is 0 Å². The third-order valence-electron chi connectivity index (χ3n) is 4.07. The fourth-order valence-electron chi connectivity index (χ4n) is 2.34. The molecule has 0 bridgehead atoms. The molecule has 0 saturated heterocycles. The summed E-state index contributed by atoms with van der Waals surface area (Å²) >= 11 is 0. The van der Waals surface area contributed by atoms with Crippen molar-refractivity contribution in [1.82, 2.24) is 0 Å². The minimum atomic E-state index is 0.527. The van der Waals surface area contributed by atoms with E-state index in [-0.39, 0.29) is 0 Å². The highest BCUT2D eigenvalue weighted by atomic mass is 14.1. The van der Waals surface area contributed by atoms with Crippen LogP contribution in [-0.2, 0) is 0 Å². The standard InChI is InChI=1S/C22H34/c1-8-11-22(12-9-2)16-14-19(5)13-15-20(6)21(7)17-18(4)10-3/h8-9,11-12,21H,1,4-6,10,13-17H2,2-3,7H3/b12-9-,22-11+. The van der Waals surface area contributed by atoms with E-state index in [0.717, 1.165) is 38.5 Å². The van der Waals surface area contributed by atoms with Crippen LogP contribution in [-0.4, -0.2) is 0 Å². The first-order chi connectivity index (χ1) is 10.4. The third kappa shape index (κ3) is 9.39. The second-order valence-electron chi connectivity index (χ2n) is 6.09. The molecule has 0 aromatic carbocycles. The van der Waals surface area contributed by atoms with Crippen LogP contribution in [0.2, 0.25) is 0 Å². The average Bonchev–Trinajstić information content (AvgIpc) is 2.50. The van der Waals surface area contributed by atoms with E-state index in [1.807, 2.05) is 13.0 Å². The number of rotatable bonds is 12. The molecule has 0 aromatic rings. The van der Waals surface area contributed by atoms with Gasteiger partial charge in [0, 0.05) is 0 Å². The summed E-state index contributed by atoms with van der Waals surface area (Å²) in [6.45, 7) is 22.8. The first-order valence-electron chi connectivity index (χ1n) is 8.39. The zero-order valence-electron chi connectivity index (χ0n) is 15.0. The summed E-state index contributed by atoms with van der Waals surface area (Å²) in [5, 5.41) is 0. The first-order valence-corrected chi connectivity index (χ1v) is 8.39. The van der Waals surface area contributed by atoms with Crippen LogP contribution < -0.4 is 0 Å². The smallest absolute Gasteiger partial charge is 0.0197 e. The fourth-order valence-corrected chi connectivity index (χ4v) is 2.34. The topological polar surface area (TPSA) is 0 Å². The van der Waals surface area contributed by atoms with Crippen molar-refractivity contribution >= 4 is 0 Å². The molecule has 0 N–H and O–H groups in total. The number of hydrogen-bond acceptors (Lipinski definition) is 0. The van der Waals surface area contributed by atoms with Gasteiger partial charge < -0.3 is 0 Å². The molecule has 0 aliphatic carbocycles. The van der Waals surface area contributed by atoms with Gasteiger partial charge in [-0.1, -0.05) is 81.2 Å². The van der Waals surface area contributed by atoms with Crippen LogP contribution >= 0.6 is 0 Å². The van der Waals surface area contributed by atoms with Gasteiger partial charge in [0.15, 0.2) is 0 Å². The Kier molecular flexibility index (Phi) is 11.2. The predicted octanol–water partition coefficient (Wildman–Crippen LogP) is 7.34. The number of hydrogen-bond donors (Lipinski definition) is 0. The fraction of sp³-hybridized carbons (Fsp3) is 0.455. The van der Waals surface area contributed by atoms with Crippen molar-refractivity contribution in [3.05, 3.63) is 72.9 Å². The molecular formula is C22H34. The van der Waals surface area contributed by atoms with Crippen molar-refractivity contribution in [2.45, 2.75) is 59.3 Å². The largest absolute Gasteiger partial charge is 0.0999 e. The molecule has 0 heteroatoms. The second-order valence-corrected chi connectivity index (χ2v) is 6.09. The van der Waals surface area contributed by atoms with Gasteiger partial charge in [0.2, 0.25) is 0 Å². The Hall–Kier alpha value is -1.56. The van der Waals surface area contributed by atoms with Gasteiger partial charge in [0.05, 0.1) is 0 Å². The first kappa shape index (κ1) is 20.4. The van der Waals surface area contributed by atoms with Gasteiger partial charge in [-0.3, -0.25) is 0 Å². The molecule has 0 aliphatic heterocycles. The molecule has 0 radical (unpaired) electrons. The summed E-state index contributed by atoms with van der Waals surface area (Å²) in [6, 6.07) is 0. The highest BCUT2D eigenvalue weighted by Crippen LogP contribution is 2.25. The van der Waals surface area contributed by atoms with E-state index in [4.69, 9.17) is 0 Å². The predicted molar refractivity (Wildman–Crippen MR) is 103 cm³/mol. The molecule has 0 heterocycles. The van der Waals surface area contributed by atoms with Crippen LogP contribution in [0.25, 0.3) is 0 Å². The summed E-state index contributed by atoms with van der Waals surface area (Å²) in [6.07, 6.45) is 14.4. The third-order valence-corrected chi connectivity index (χ3v) is 4.07. The van der Waals surface area contributed by atoms with Crippen LogP contribution in [0.3, 0.4) is 0 Å². The molecule has 0 nitrogen and oxygen atoms in total. The van der Waals surface area contributed by atoms with E-state index in [2.05, 4.69) is 58.4 Å². The molecular weight excluding hydrogens is 264 g/mol. The Labute approximate surface area is 138 Å². The molecule has 22 heavy (non-hydrogen) atoms. The lowest BCUT2D eigenvalue weighted by molar-refractivity contribution is 0.626. The summed E-state index contributed by atoms with van der Waals surface area (Å²) < 4.78 is 0. The van der Waals surface area contributed by atoms with E-state index in [1.54, 1.807) is 0 Å².